The van der Waals surface area contributed by atoms with E-state index in [-0.39, 0.29) is 11.8 Å². The summed E-state index contributed by atoms with van der Waals surface area (Å²) in [6.07, 6.45) is 2.79. The van der Waals surface area contributed by atoms with Gasteiger partial charge in [0.05, 0.1) is 7.11 Å². The van der Waals surface area contributed by atoms with E-state index in [1.54, 1.807) is 25.0 Å². The molecular formula is C18H26N2O3. The maximum absolute atomic E-state index is 12.4. The number of hydrogen-bond acceptors (Lipinski definition) is 3. The monoisotopic (exact) mass is 318 g/mol. The minimum atomic E-state index is -0.531. The first-order chi connectivity index (χ1) is 11.0. The van der Waals surface area contributed by atoms with Gasteiger partial charge in [0.25, 0.3) is 0 Å². The molecule has 0 radical (unpaired) electrons. The van der Waals surface area contributed by atoms with Gasteiger partial charge in [0.1, 0.15) is 11.8 Å². The van der Waals surface area contributed by atoms with Crippen LogP contribution < -0.4 is 10.1 Å². The van der Waals surface area contributed by atoms with Crippen LogP contribution in [0.1, 0.15) is 32.3 Å². The molecule has 126 valence electrons. The molecule has 1 atom stereocenters. The zero-order chi connectivity index (χ0) is 17.2. The van der Waals surface area contributed by atoms with Gasteiger partial charge in [-0.05, 0) is 31.0 Å². The summed E-state index contributed by atoms with van der Waals surface area (Å²) in [6.45, 7) is 8.06. The molecule has 0 unspecified atom stereocenters. The van der Waals surface area contributed by atoms with Crippen molar-refractivity contribution in [2.45, 2.75) is 39.3 Å². The molecule has 1 aromatic carbocycles. The maximum atomic E-state index is 12.4. The third-order valence-electron chi connectivity index (χ3n) is 3.56. The third-order valence-corrected chi connectivity index (χ3v) is 3.56. The summed E-state index contributed by atoms with van der Waals surface area (Å²) in [4.78, 5) is 26.2. The van der Waals surface area contributed by atoms with Crippen molar-refractivity contribution in [2.75, 3.05) is 13.7 Å². The summed E-state index contributed by atoms with van der Waals surface area (Å²) in [5, 5.41) is 2.74. The van der Waals surface area contributed by atoms with Crippen molar-refractivity contribution in [3.05, 3.63) is 42.5 Å². The molecule has 1 aromatic rings. The molecule has 1 rings (SSSR count). The second-order valence-corrected chi connectivity index (χ2v) is 5.33. The Morgan fingerprint density at radius 1 is 1.35 bits per heavy atom. The Morgan fingerprint density at radius 2 is 2.00 bits per heavy atom. The van der Waals surface area contributed by atoms with Crippen LogP contribution in [-0.4, -0.2) is 36.4 Å². The van der Waals surface area contributed by atoms with Crippen LogP contribution in [0, 0.1) is 0 Å². The highest BCUT2D eigenvalue weighted by Crippen LogP contribution is 2.15. The highest BCUT2D eigenvalue weighted by Gasteiger charge is 2.25. The van der Waals surface area contributed by atoms with Crippen LogP contribution >= 0.6 is 0 Å². The molecule has 0 saturated heterocycles. The van der Waals surface area contributed by atoms with Crippen molar-refractivity contribution in [3.8, 4) is 5.75 Å². The molecule has 0 fully saturated rings. The van der Waals surface area contributed by atoms with Gasteiger partial charge in [0, 0.05) is 19.5 Å². The molecule has 0 aliphatic rings. The van der Waals surface area contributed by atoms with Crippen LogP contribution in [0.15, 0.2) is 36.9 Å². The van der Waals surface area contributed by atoms with Crippen LogP contribution in [0.3, 0.4) is 0 Å². The van der Waals surface area contributed by atoms with Crippen molar-refractivity contribution >= 4 is 11.8 Å². The highest BCUT2D eigenvalue weighted by atomic mass is 16.5. The Labute approximate surface area is 138 Å². The Morgan fingerprint density at radius 3 is 2.52 bits per heavy atom. The number of hydrogen-bond donors (Lipinski definition) is 1. The second-order valence-electron chi connectivity index (χ2n) is 5.33. The lowest BCUT2D eigenvalue weighted by Crippen LogP contribution is -2.47. The molecular weight excluding hydrogens is 292 g/mol. The summed E-state index contributed by atoms with van der Waals surface area (Å²) in [5.41, 5.74) is 0.957. The largest absolute Gasteiger partial charge is 0.497 e. The summed E-state index contributed by atoms with van der Waals surface area (Å²) < 4.78 is 5.14. The van der Waals surface area contributed by atoms with Crippen molar-refractivity contribution < 1.29 is 14.3 Å². The van der Waals surface area contributed by atoms with Crippen molar-refractivity contribution in [3.63, 3.8) is 0 Å². The number of amides is 2. The van der Waals surface area contributed by atoms with E-state index in [1.807, 2.05) is 31.2 Å². The molecule has 0 heterocycles. The number of nitrogens with zero attached hydrogens (tertiary/aromatic N) is 1. The van der Waals surface area contributed by atoms with Gasteiger partial charge in [-0.25, -0.2) is 0 Å². The smallest absolute Gasteiger partial charge is 0.242 e. The molecule has 1 N–H and O–H groups in total. The minimum absolute atomic E-state index is 0.0235. The predicted octanol–water partition coefficient (Wildman–Crippen LogP) is 2.51. The van der Waals surface area contributed by atoms with Crippen LogP contribution in [0.25, 0.3) is 0 Å². The fourth-order valence-electron chi connectivity index (χ4n) is 2.19. The third kappa shape index (κ3) is 5.77. The first-order valence-corrected chi connectivity index (χ1v) is 7.84. The van der Waals surface area contributed by atoms with Gasteiger partial charge in [-0.2, -0.15) is 0 Å². The van der Waals surface area contributed by atoms with Gasteiger partial charge in [0.2, 0.25) is 11.8 Å². The van der Waals surface area contributed by atoms with Crippen molar-refractivity contribution in [1.82, 2.24) is 10.2 Å². The van der Waals surface area contributed by atoms with Gasteiger partial charge in [-0.1, -0.05) is 25.1 Å². The van der Waals surface area contributed by atoms with E-state index in [9.17, 15) is 9.59 Å². The standard InChI is InChI=1S/C18H26N2O3/c1-5-7-17(21)20(14(3)18(22)19-12-6-2)13-15-8-10-16(23-4)11-9-15/h6,8-11,14H,2,5,7,12-13H2,1,3-4H3,(H,19,22)/t14-/m0/s1. The van der Waals surface area contributed by atoms with E-state index < -0.39 is 6.04 Å². The average molecular weight is 318 g/mol. The number of benzene rings is 1. The molecule has 0 saturated carbocycles. The minimum Gasteiger partial charge on any atom is -0.497 e. The zero-order valence-electron chi connectivity index (χ0n) is 14.2. The molecule has 0 aromatic heterocycles. The molecule has 23 heavy (non-hydrogen) atoms. The number of methoxy groups -OCH3 is 1. The normalized spacial score (nSPS) is 11.4. The summed E-state index contributed by atoms with van der Waals surface area (Å²) in [6, 6.07) is 6.97. The fourth-order valence-corrected chi connectivity index (χ4v) is 2.19. The summed E-state index contributed by atoms with van der Waals surface area (Å²) in [5.74, 6) is 0.560. The molecule has 0 bridgehead atoms. The Bertz CT molecular complexity index is 526. The van der Waals surface area contributed by atoms with E-state index in [2.05, 4.69) is 11.9 Å². The van der Waals surface area contributed by atoms with Gasteiger partial charge < -0.3 is 15.0 Å². The highest BCUT2D eigenvalue weighted by molar-refractivity contribution is 5.87. The topological polar surface area (TPSA) is 58.6 Å². The molecule has 5 nitrogen and oxygen atoms in total. The average Bonchev–Trinajstić information content (AvgIpc) is 2.57. The lowest BCUT2D eigenvalue weighted by Gasteiger charge is -2.28. The first-order valence-electron chi connectivity index (χ1n) is 7.84. The summed E-state index contributed by atoms with van der Waals surface area (Å²) >= 11 is 0. The van der Waals surface area contributed by atoms with E-state index in [0.717, 1.165) is 17.7 Å². The van der Waals surface area contributed by atoms with Crippen LogP contribution in [0.4, 0.5) is 0 Å². The first kappa shape index (κ1) is 18.7. The summed E-state index contributed by atoms with van der Waals surface area (Å²) in [7, 11) is 1.61. The van der Waals surface area contributed by atoms with Crippen LogP contribution in [0.2, 0.25) is 0 Å². The quantitative estimate of drug-likeness (QED) is 0.712. The lowest BCUT2D eigenvalue weighted by molar-refractivity contribution is -0.140. The number of nitrogens with one attached hydrogen (secondary N) is 1. The molecule has 0 spiro atoms. The van der Waals surface area contributed by atoms with E-state index in [1.165, 1.54) is 0 Å². The predicted molar refractivity (Wildman–Crippen MR) is 91.1 cm³/mol. The number of carbonyl (C=O) groups is 2. The number of ether oxygens (including phenoxy) is 1. The van der Waals surface area contributed by atoms with E-state index in [4.69, 9.17) is 4.74 Å². The maximum Gasteiger partial charge on any atom is 0.242 e. The Hall–Kier alpha value is -2.30. The molecule has 0 aliphatic heterocycles. The van der Waals surface area contributed by atoms with Crippen molar-refractivity contribution in [2.24, 2.45) is 0 Å². The van der Waals surface area contributed by atoms with E-state index in [0.29, 0.717) is 19.5 Å². The fraction of sp³-hybridized carbons (Fsp3) is 0.444. The Balaban J connectivity index is 2.88. The second kappa shape index (κ2) is 9.66. The lowest BCUT2D eigenvalue weighted by atomic mass is 10.1. The Kier molecular flexibility index (Phi) is 7.88. The van der Waals surface area contributed by atoms with Crippen LogP contribution in [-0.2, 0) is 16.1 Å². The van der Waals surface area contributed by atoms with Gasteiger partial charge in [-0.3, -0.25) is 9.59 Å². The van der Waals surface area contributed by atoms with Crippen LogP contribution in [0.5, 0.6) is 5.75 Å². The molecule has 2 amide bonds. The van der Waals surface area contributed by atoms with E-state index >= 15 is 0 Å². The molecule has 0 aliphatic carbocycles. The van der Waals surface area contributed by atoms with Gasteiger partial charge in [-0.15, -0.1) is 6.58 Å². The molecule has 5 heteroatoms. The van der Waals surface area contributed by atoms with Crippen molar-refractivity contribution in [1.29, 1.82) is 0 Å². The number of rotatable bonds is 9. The number of carbonyl (C=O) groups excluding carboxylic acids is 2. The SMILES string of the molecule is C=CCNC(=O)[C@H](C)N(Cc1ccc(OC)cc1)C(=O)CCC. The van der Waals surface area contributed by atoms with Gasteiger partial charge >= 0.3 is 0 Å². The zero-order valence-corrected chi connectivity index (χ0v) is 14.2. The van der Waals surface area contributed by atoms with Gasteiger partial charge in [0.15, 0.2) is 0 Å².